The second kappa shape index (κ2) is 6.31. The van der Waals surface area contributed by atoms with Crippen LogP contribution in [0.5, 0.6) is 0 Å². The van der Waals surface area contributed by atoms with Crippen molar-refractivity contribution in [2.24, 2.45) is 0 Å². The van der Waals surface area contributed by atoms with E-state index in [1.54, 1.807) is 0 Å². The topological polar surface area (TPSA) is 99.1 Å². The number of hydrogen-bond donors (Lipinski definition) is 3. The van der Waals surface area contributed by atoms with Crippen LogP contribution in [-0.4, -0.2) is 71.5 Å². The lowest BCUT2D eigenvalue weighted by Gasteiger charge is -2.25. The summed E-state index contributed by atoms with van der Waals surface area (Å²) < 4.78 is 5.51. The molecule has 2 fully saturated rings. The van der Waals surface area contributed by atoms with Crippen molar-refractivity contribution in [2.45, 2.75) is 37.5 Å². The second-order valence-electron chi connectivity index (χ2n) is 5.05. The van der Waals surface area contributed by atoms with Crippen LogP contribution in [0.4, 0.5) is 0 Å². The van der Waals surface area contributed by atoms with Gasteiger partial charge in [-0.25, -0.2) is 4.79 Å². The van der Waals surface area contributed by atoms with Crippen molar-refractivity contribution in [3.63, 3.8) is 0 Å². The van der Waals surface area contributed by atoms with E-state index in [1.165, 1.54) is 4.90 Å². The highest BCUT2D eigenvalue weighted by molar-refractivity contribution is 5.85. The van der Waals surface area contributed by atoms with Crippen LogP contribution >= 0.6 is 0 Å². The Labute approximate surface area is 111 Å². The van der Waals surface area contributed by atoms with Crippen molar-refractivity contribution >= 4 is 11.9 Å². The van der Waals surface area contributed by atoms with Crippen molar-refractivity contribution < 1.29 is 24.5 Å². The first-order valence-corrected chi connectivity index (χ1v) is 6.60. The van der Waals surface area contributed by atoms with Crippen molar-refractivity contribution in [1.82, 2.24) is 10.2 Å². The number of nitrogens with zero attached hydrogens (tertiary/aromatic N) is 1. The zero-order chi connectivity index (χ0) is 13.8. The van der Waals surface area contributed by atoms with E-state index in [4.69, 9.17) is 9.84 Å². The largest absolute Gasteiger partial charge is 0.480 e. The van der Waals surface area contributed by atoms with Crippen molar-refractivity contribution in [1.29, 1.82) is 0 Å². The predicted octanol–water partition coefficient (Wildman–Crippen LogP) is -1.20. The Balaban J connectivity index is 1.82. The van der Waals surface area contributed by atoms with Crippen molar-refractivity contribution in [2.75, 3.05) is 26.2 Å². The number of carbonyl (C=O) groups is 2. The standard InChI is InChI=1S/C12H20N2O5/c15-8-5-10(12(17)18)14(6-8)11(16)7-19-9-1-3-13-4-2-9/h8-10,13,15H,1-7H2,(H,17,18)/t8-,10-/m0/s1. The van der Waals surface area contributed by atoms with E-state index in [2.05, 4.69) is 5.32 Å². The molecule has 3 N–H and O–H groups in total. The van der Waals surface area contributed by atoms with Gasteiger partial charge < -0.3 is 25.2 Å². The molecule has 2 heterocycles. The third kappa shape index (κ3) is 3.65. The van der Waals surface area contributed by atoms with Crippen LogP contribution in [0, 0.1) is 0 Å². The molecule has 0 saturated carbocycles. The maximum absolute atomic E-state index is 12.0. The van der Waals surface area contributed by atoms with E-state index in [9.17, 15) is 14.7 Å². The van der Waals surface area contributed by atoms with E-state index >= 15 is 0 Å². The number of hydrogen-bond acceptors (Lipinski definition) is 5. The Morgan fingerprint density at radius 1 is 1.32 bits per heavy atom. The van der Waals surface area contributed by atoms with Gasteiger partial charge in [-0.1, -0.05) is 0 Å². The third-order valence-corrected chi connectivity index (χ3v) is 3.61. The molecule has 7 heteroatoms. The normalized spacial score (nSPS) is 28.6. The molecule has 2 aliphatic rings. The van der Waals surface area contributed by atoms with E-state index in [1.807, 2.05) is 0 Å². The van der Waals surface area contributed by atoms with Gasteiger partial charge in [0.2, 0.25) is 5.91 Å². The molecule has 2 saturated heterocycles. The minimum atomic E-state index is -1.08. The van der Waals surface area contributed by atoms with Gasteiger partial charge in [-0.3, -0.25) is 4.79 Å². The molecule has 0 bridgehead atoms. The number of carboxylic acids is 1. The summed E-state index contributed by atoms with van der Waals surface area (Å²) in [6.07, 6.45) is 1.11. The van der Waals surface area contributed by atoms with E-state index in [0.717, 1.165) is 25.9 Å². The Morgan fingerprint density at radius 3 is 2.63 bits per heavy atom. The third-order valence-electron chi connectivity index (χ3n) is 3.61. The van der Waals surface area contributed by atoms with Crippen LogP contribution < -0.4 is 5.32 Å². The molecular weight excluding hydrogens is 252 g/mol. The van der Waals surface area contributed by atoms with Gasteiger partial charge in [0.1, 0.15) is 12.6 Å². The molecule has 0 aromatic heterocycles. The summed E-state index contributed by atoms with van der Waals surface area (Å²) in [4.78, 5) is 24.2. The second-order valence-corrected chi connectivity index (χ2v) is 5.05. The number of β-amino-alcohol motifs (C(OH)–C–C–N with tert-alkyl or cyclic N) is 1. The molecule has 2 aliphatic heterocycles. The molecule has 2 rings (SSSR count). The molecule has 0 aromatic rings. The van der Waals surface area contributed by atoms with Crippen LogP contribution in [0.1, 0.15) is 19.3 Å². The fraction of sp³-hybridized carbons (Fsp3) is 0.833. The summed E-state index contributed by atoms with van der Waals surface area (Å²) in [5, 5.41) is 21.7. The van der Waals surface area contributed by atoms with Crippen molar-refractivity contribution in [3.8, 4) is 0 Å². The molecular formula is C12H20N2O5. The number of likely N-dealkylation sites (tertiary alicyclic amines) is 1. The van der Waals surface area contributed by atoms with Gasteiger partial charge in [-0.05, 0) is 25.9 Å². The summed E-state index contributed by atoms with van der Waals surface area (Å²) in [5.74, 6) is -1.44. The average Bonchev–Trinajstić information content (AvgIpc) is 2.79. The number of piperidine rings is 1. The summed E-state index contributed by atoms with van der Waals surface area (Å²) in [7, 11) is 0. The van der Waals surface area contributed by atoms with Crippen LogP contribution in [0.25, 0.3) is 0 Å². The van der Waals surface area contributed by atoms with Gasteiger partial charge >= 0.3 is 5.97 Å². The lowest BCUT2D eigenvalue weighted by molar-refractivity contribution is -0.151. The molecule has 108 valence electrons. The number of amides is 1. The van der Waals surface area contributed by atoms with Gasteiger partial charge in [0.05, 0.1) is 12.2 Å². The number of carbonyl (C=O) groups excluding carboxylic acids is 1. The Bertz CT molecular complexity index is 343. The molecule has 0 spiro atoms. The quantitative estimate of drug-likeness (QED) is 0.594. The van der Waals surface area contributed by atoms with Crippen LogP contribution in [-0.2, 0) is 14.3 Å². The Morgan fingerprint density at radius 2 is 2.00 bits per heavy atom. The number of nitrogens with one attached hydrogen (secondary N) is 1. The Kier molecular flexibility index (Phi) is 4.73. The fourth-order valence-electron chi connectivity index (χ4n) is 2.56. The summed E-state index contributed by atoms with van der Waals surface area (Å²) >= 11 is 0. The summed E-state index contributed by atoms with van der Waals surface area (Å²) in [5.41, 5.74) is 0. The minimum Gasteiger partial charge on any atom is -0.480 e. The molecule has 0 radical (unpaired) electrons. The monoisotopic (exact) mass is 272 g/mol. The highest BCUT2D eigenvalue weighted by Crippen LogP contribution is 2.18. The zero-order valence-electron chi connectivity index (χ0n) is 10.7. The van der Waals surface area contributed by atoms with E-state index < -0.39 is 18.1 Å². The van der Waals surface area contributed by atoms with Crippen LogP contribution in [0.3, 0.4) is 0 Å². The summed E-state index contributed by atoms with van der Waals surface area (Å²) in [6.45, 7) is 1.71. The first-order valence-electron chi connectivity index (χ1n) is 6.60. The lowest BCUT2D eigenvalue weighted by Crippen LogP contribution is -2.43. The number of aliphatic hydroxyl groups excluding tert-OH is 1. The highest BCUT2D eigenvalue weighted by Gasteiger charge is 2.38. The predicted molar refractivity (Wildman–Crippen MR) is 65.6 cm³/mol. The number of aliphatic carboxylic acids is 1. The highest BCUT2D eigenvalue weighted by atomic mass is 16.5. The van der Waals surface area contributed by atoms with Crippen molar-refractivity contribution in [3.05, 3.63) is 0 Å². The van der Waals surface area contributed by atoms with Crippen LogP contribution in [0.2, 0.25) is 0 Å². The Hall–Kier alpha value is -1.18. The molecule has 0 aromatic carbocycles. The maximum atomic E-state index is 12.0. The van der Waals surface area contributed by atoms with Gasteiger partial charge in [-0.15, -0.1) is 0 Å². The number of aliphatic hydroxyl groups is 1. The van der Waals surface area contributed by atoms with Gasteiger partial charge in [0.15, 0.2) is 0 Å². The fourth-order valence-corrected chi connectivity index (χ4v) is 2.56. The van der Waals surface area contributed by atoms with Gasteiger partial charge in [-0.2, -0.15) is 0 Å². The molecule has 7 nitrogen and oxygen atoms in total. The number of carboxylic acid groups (broad SMARTS) is 1. The lowest BCUT2D eigenvalue weighted by atomic mass is 10.1. The van der Waals surface area contributed by atoms with Crippen LogP contribution in [0.15, 0.2) is 0 Å². The molecule has 19 heavy (non-hydrogen) atoms. The summed E-state index contributed by atoms with van der Waals surface area (Å²) in [6, 6.07) is -0.931. The van der Waals surface area contributed by atoms with Gasteiger partial charge in [0, 0.05) is 13.0 Å². The molecule has 0 unspecified atom stereocenters. The average molecular weight is 272 g/mol. The SMILES string of the molecule is O=C(O)[C@@H]1C[C@H](O)CN1C(=O)COC1CCNCC1. The van der Waals surface area contributed by atoms with Gasteiger partial charge in [0.25, 0.3) is 0 Å². The number of ether oxygens (including phenoxy) is 1. The minimum absolute atomic E-state index is 0.0565. The number of rotatable bonds is 4. The van der Waals surface area contributed by atoms with E-state index in [0.29, 0.717) is 0 Å². The zero-order valence-corrected chi connectivity index (χ0v) is 10.7. The molecule has 0 aliphatic carbocycles. The maximum Gasteiger partial charge on any atom is 0.326 e. The smallest absolute Gasteiger partial charge is 0.326 e. The molecule has 1 amide bonds. The first-order chi connectivity index (χ1) is 9.08. The molecule has 2 atom stereocenters. The first kappa shape index (κ1) is 14.2. The van der Waals surface area contributed by atoms with E-state index in [-0.39, 0.29) is 31.6 Å².